The highest BCUT2D eigenvalue weighted by atomic mass is 16.5. The van der Waals surface area contributed by atoms with E-state index in [2.05, 4.69) is 23.2 Å². The number of rotatable bonds is 5. The fourth-order valence-electron chi connectivity index (χ4n) is 2.89. The van der Waals surface area contributed by atoms with Gasteiger partial charge < -0.3 is 15.0 Å². The summed E-state index contributed by atoms with van der Waals surface area (Å²) in [7, 11) is 0. The predicted molar refractivity (Wildman–Crippen MR) is 83.7 cm³/mol. The van der Waals surface area contributed by atoms with Gasteiger partial charge in [0.2, 0.25) is 0 Å². The number of hydrogen-bond acceptors (Lipinski definition) is 3. The van der Waals surface area contributed by atoms with Crippen LogP contribution in [0.4, 0.5) is 5.69 Å². The zero-order valence-electron chi connectivity index (χ0n) is 12.7. The van der Waals surface area contributed by atoms with Crippen molar-refractivity contribution < 1.29 is 9.53 Å². The molecule has 1 aliphatic heterocycles. The molecule has 1 atom stereocenters. The molecule has 1 aliphatic carbocycles. The molecule has 1 heterocycles. The number of benzene rings is 1. The Morgan fingerprint density at radius 1 is 1.33 bits per heavy atom. The van der Waals surface area contributed by atoms with Gasteiger partial charge in [-0.25, -0.2) is 0 Å². The molecule has 1 saturated heterocycles. The third-order valence-electron chi connectivity index (χ3n) is 4.16. The molecular formula is C17H24N2O2. The van der Waals surface area contributed by atoms with E-state index in [9.17, 15) is 4.79 Å². The van der Waals surface area contributed by atoms with Crippen LogP contribution < -0.4 is 15.0 Å². The molecule has 0 unspecified atom stereocenters. The molecule has 2 aliphatic rings. The van der Waals surface area contributed by atoms with Crippen LogP contribution in [0.3, 0.4) is 0 Å². The topological polar surface area (TPSA) is 41.6 Å². The van der Waals surface area contributed by atoms with Gasteiger partial charge in [-0.3, -0.25) is 4.79 Å². The smallest absolute Gasteiger partial charge is 0.258 e. The normalized spacial score (nSPS) is 22.0. The Kier molecular flexibility index (Phi) is 4.32. The first-order valence-corrected chi connectivity index (χ1v) is 7.98. The van der Waals surface area contributed by atoms with E-state index in [-0.39, 0.29) is 12.5 Å². The lowest BCUT2D eigenvalue weighted by atomic mass is 9.99. The van der Waals surface area contributed by atoms with Crippen LogP contribution in [0.5, 0.6) is 5.75 Å². The zero-order valence-corrected chi connectivity index (χ0v) is 12.7. The van der Waals surface area contributed by atoms with Crippen molar-refractivity contribution >= 4 is 11.6 Å². The Bertz CT molecular complexity index is 499. The zero-order chi connectivity index (χ0) is 14.7. The van der Waals surface area contributed by atoms with Gasteiger partial charge in [0.25, 0.3) is 5.91 Å². The van der Waals surface area contributed by atoms with Gasteiger partial charge in [0.15, 0.2) is 6.61 Å². The van der Waals surface area contributed by atoms with Crippen molar-refractivity contribution in [3.63, 3.8) is 0 Å². The third kappa shape index (κ3) is 3.90. The van der Waals surface area contributed by atoms with Gasteiger partial charge >= 0.3 is 0 Å². The number of nitrogens with zero attached hydrogens (tertiary/aromatic N) is 1. The summed E-state index contributed by atoms with van der Waals surface area (Å²) in [5.74, 6) is 1.52. The highest BCUT2D eigenvalue weighted by Crippen LogP contribution is 2.31. The summed E-state index contributed by atoms with van der Waals surface area (Å²) in [5.41, 5.74) is 1.11. The van der Waals surface area contributed by atoms with Gasteiger partial charge in [-0.15, -0.1) is 0 Å². The number of ether oxygens (including phenoxy) is 1. The van der Waals surface area contributed by atoms with E-state index in [0.29, 0.717) is 12.0 Å². The van der Waals surface area contributed by atoms with Crippen molar-refractivity contribution in [1.82, 2.24) is 5.32 Å². The number of piperidine rings is 1. The molecule has 1 aromatic rings. The fraction of sp³-hybridized carbons (Fsp3) is 0.588. The van der Waals surface area contributed by atoms with Crippen LogP contribution in [0.2, 0.25) is 0 Å². The summed E-state index contributed by atoms with van der Waals surface area (Å²) < 4.78 is 5.76. The number of nitrogens with one attached hydrogen (secondary N) is 1. The van der Waals surface area contributed by atoms with Crippen LogP contribution in [-0.4, -0.2) is 31.6 Å². The van der Waals surface area contributed by atoms with Gasteiger partial charge in [-0.1, -0.05) is 19.1 Å². The molecule has 2 fully saturated rings. The SMILES string of the molecule is C[C@H]1CCCN(c2ccccc2OCC(=O)NC2CC2)C1. The summed E-state index contributed by atoms with van der Waals surface area (Å²) in [6, 6.07) is 8.43. The van der Waals surface area contributed by atoms with Crippen LogP contribution >= 0.6 is 0 Å². The van der Waals surface area contributed by atoms with Crippen molar-refractivity contribution in [3.8, 4) is 5.75 Å². The maximum absolute atomic E-state index is 11.8. The second-order valence-electron chi connectivity index (χ2n) is 6.29. The molecule has 1 N–H and O–H groups in total. The summed E-state index contributed by atoms with van der Waals surface area (Å²) in [6.07, 6.45) is 4.73. The summed E-state index contributed by atoms with van der Waals surface area (Å²) >= 11 is 0. The van der Waals surface area contributed by atoms with Crippen molar-refractivity contribution in [3.05, 3.63) is 24.3 Å². The number of hydrogen-bond donors (Lipinski definition) is 1. The number of carbonyl (C=O) groups is 1. The maximum atomic E-state index is 11.8. The highest BCUT2D eigenvalue weighted by molar-refractivity contribution is 5.78. The Hall–Kier alpha value is -1.71. The second-order valence-corrected chi connectivity index (χ2v) is 6.29. The molecule has 3 rings (SSSR count). The Morgan fingerprint density at radius 2 is 2.14 bits per heavy atom. The van der Waals surface area contributed by atoms with Gasteiger partial charge in [-0.05, 0) is 43.7 Å². The van der Waals surface area contributed by atoms with Crippen molar-refractivity contribution in [2.24, 2.45) is 5.92 Å². The lowest BCUT2D eigenvalue weighted by Gasteiger charge is -2.33. The van der Waals surface area contributed by atoms with Crippen LogP contribution in [0.1, 0.15) is 32.6 Å². The Balaban J connectivity index is 1.62. The molecule has 1 saturated carbocycles. The van der Waals surface area contributed by atoms with Crippen LogP contribution in [0.15, 0.2) is 24.3 Å². The van der Waals surface area contributed by atoms with E-state index in [1.165, 1.54) is 12.8 Å². The minimum Gasteiger partial charge on any atom is -0.482 e. The summed E-state index contributed by atoms with van der Waals surface area (Å²) in [6.45, 7) is 4.53. The first-order valence-electron chi connectivity index (χ1n) is 7.98. The van der Waals surface area contributed by atoms with Gasteiger partial charge in [-0.2, -0.15) is 0 Å². The number of amides is 1. The van der Waals surface area contributed by atoms with Gasteiger partial charge in [0, 0.05) is 19.1 Å². The Morgan fingerprint density at radius 3 is 2.90 bits per heavy atom. The van der Waals surface area contributed by atoms with E-state index in [1.54, 1.807) is 0 Å². The summed E-state index contributed by atoms with van der Waals surface area (Å²) in [5, 5.41) is 2.95. The monoisotopic (exact) mass is 288 g/mol. The van der Waals surface area contributed by atoms with Crippen molar-refractivity contribution in [2.75, 3.05) is 24.6 Å². The third-order valence-corrected chi connectivity index (χ3v) is 4.16. The van der Waals surface area contributed by atoms with E-state index in [1.807, 2.05) is 18.2 Å². The number of carbonyl (C=O) groups excluding carboxylic acids is 1. The van der Waals surface area contributed by atoms with Gasteiger partial charge in [0.05, 0.1) is 5.69 Å². The molecular weight excluding hydrogens is 264 g/mol. The standard InChI is InChI=1S/C17H24N2O2/c1-13-5-4-10-19(11-13)15-6-2-3-7-16(15)21-12-17(20)18-14-8-9-14/h2-3,6-7,13-14H,4-5,8-12H2,1H3,(H,18,20)/t13-/m0/s1. The van der Waals surface area contributed by atoms with Gasteiger partial charge in [0.1, 0.15) is 5.75 Å². The molecule has 21 heavy (non-hydrogen) atoms. The first kappa shape index (κ1) is 14.2. The molecule has 0 bridgehead atoms. The second kappa shape index (κ2) is 6.37. The quantitative estimate of drug-likeness (QED) is 0.905. The maximum Gasteiger partial charge on any atom is 0.258 e. The van der Waals surface area contributed by atoms with Crippen LogP contribution in [0.25, 0.3) is 0 Å². The van der Waals surface area contributed by atoms with Crippen molar-refractivity contribution in [1.29, 1.82) is 0 Å². The van der Waals surface area contributed by atoms with Crippen LogP contribution in [0, 0.1) is 5.92 Å². The molecule has 0 aromatic heterocycles. The lowest BCUT2D eigenvalue weighted by molar-refractivity contribution is -0.123. The highest BCUT2D eigenvalue weighted by Gasteiger charge is 2.24. The lowest BCUT2D eigenvalue weighted by Crippen LogP contribution is -2.35. The largest absolute Gasteiger partial charge is 0.482 e. The van der Waals surface area contributed by atoms with E-state index in [4.69, 9.17) is 4.74 Å². The van der Waals surface area contributed by atoms with Crippen LogP contribution in [-0.2, 0) is 4.79 Å². The summed E-state index contributed by atoms with van der Waals surface area (Å²) in [4.78, 5) is 14.1. The molecule has 4 heteroatoms. The molecule has 4 nitrogen and oxygen atoms in total. The Labute approximate surface area is 126 Å². The number of para-hydroxylation sites is 2. The van der Waals surface area contributed by atoms with E-state index in [0.717, 1.165) is 37.4 Å². The molecule has 1 amide bonds. The van der Waals surface area contributed by atoms with Crippen molar-refractivity contribution in [2.45, 2.75) is 38.6 Å². The molecule has 0 radical (unpaired) electrons. The minimum atomic E-state index is -0.0145. The molecule has 114 valence electrons. The van der Waals surface area contributed by atoms with E-state index >= 15 is 0 Å². The first-order chi connectivity index (χ1) is 10.2. The van der Waals surface area contributed by atoms with E-state index < -0.39 is 0 Å². The average molecular weight is 288 g/mol. The molecule has 1 aromatic carbocycles. The average Bonchev–Trinajstić information content (AvgIpc) is 3.29. The predicted octanol–water partition coefficient (Wildman–Crippen LogP) is 2.58. The number of anilines is 1. The fourth-order valence-corrected chi connectivity index (χ4v) is 2.89. The minimum absolute atomic E-state index is 0.0145. The molecule has 0 spiro atoms.